The van der Waals surface area contributed by atoms with Crippen LogP contribution in [0.5, 0.6) is 0 Å². The summed E-state index contributed by atoms with van der Waals surface area (Å²) in [6, 6.07) is 9.77. The van der Waals surface area contributed by atoms with E-state index in [9.17, 15) is 4.79 Å². The van der Waals surface area contributed by atoms with E-state index >= 15 is 0 Å². The molecule has 0 saturated carbocycles. The molecule has 2 N–H and O–H groups in total. The zero-order valence-electron chi connectivity index (χ0n) is 12.8. The first kappa shape index (κ1) is 14.1. The summed E-state index contributed by atoms with van der Waals surface area (Å²) >= 11 is 0. The van der Waals surface area contributed by atoms with Crippen LogP contribution < -0.4 is 16.2 Å². The van der Waals surface area contributed by atoms with Crippen LogP contribution >= 0.6 is 0 Å². The standard InChI is InChI=1S/C17H23N3O/c1-17(7-9-18-10-8-17)12-19-14-11-16(21)20(2)15-6-4-3-5-13(14)15/h3-6,11,18-19H,7-10,12H2,1-2H3. The van der Waals surface area contributed by atoms with E-state index in [0.717, 1.165) is 36.2 Å². The molecule has 1 aromatic carbocycles. The predicted molar refractivity (Wildman–Crippen MR) is 87.9 cm³/mol. The van der Waals surface area contributed by atoms with Crippen molar-refractivity contribution in [1.82, 2.24) is 9.88 Å². The molecule has 3 rings (SSSR count). The highest BCUT2D eigenvalue weighted by atomic mass is 16.1. The number of fused-ring (bicyclic) bond motifs is 1. The van der Waals surface area contributed by atoms with Gasteiger partial charge < -0.3 is 15.2 Å². The number of hydrogen-bond donors (Lipinski definition) is 2. The lowest BCUT2D eigenvalue weighted by molar-refractivity contribution is 0.247. The quantitative estimate of drug-likeness (QED) is 0.910. The van der Waals surface area contributed by atoms with E-state index in [1.165, 1.54) is 12.8 Å². The highest BCUT2D eigenvalue weighted by Gasteiger charge is 2.26. The van der Waals surface area contributed by atoms with Gasteiger partial charge in [0.1, 0.15) is 0 Å². The number of nitrogens with one attached hydrogen (secondary N) is 2. The van der Waals surface area contributed by atoms with Gasteiger partial charge in [-0.15, -0.1) is 0 Å². The lowest BCUT2D eigenvalue weighted by atomic mass is 9.81. The minimum absolute atomic E-state index is 0.0339. The van der Waals surface area contributed by atoms with Crippen LogP contribution in [0.3, 0.4) is 0 Å². The summed E-state index contributed by atoms with van der Waals surface area (Å²) in [4.78, 5) is 12.1. The first-order valence-corrected chi connectivity index (χ1v) is 7.62. The molecule has 2 heterocycles. The summed E-state index contributed by atoms with van der Waals surface area (Å²) in [6.07, 6.45) is 2.34. The second kappa shape index (κ2) is 5.53. The van der Waals surface area contributed by atoms with Gasteiger partial charge in [0.15, 0.2) is 0 Å². The Hall–Kier alpha value is -1.81. The number of para-hydroxylation sites is 1. The fourth-order valence-electron chi connectivity index (χ4n) is 3.07. The van der Waals surface area contributed by atoms with Gasteiger partial charge in [0.05, 0.1) is 5.52 Å². The van der Waals surface area contributed by atoms with Gasteiger partial charge in [0.2, 0.25) is 0 Å². The van der Waals surface area contributed by atoms with E-state index in [-0.39, 0.29) is 5.56 Å². The number of anilines is 1. The lowest BCUT2D eigenvalue weighted by Crippen LogP contribution is -2.39. The summed E-state index contributed by atoms with van der Waals surface area (Å²) in [5.41, 5.74) is 2.26. The molecule has 0 aliphatic carbocycles. The van der Waals surface area contributed by atoms with Crippen molar-refractivity contribution in [1.29, 1.82) is 0 Å². The van der Waals surface area contributed by atoms with E-state index in [2.05, 4.69) is 23.6 Å². The number of aryl methyl sites for hydroxylation is 1. The highest BCUT2D eigenvalue weighted by molar-refractivity contribution is 5.91. The van der Waals surface area contributed by atoms with Crippen LogP contribution in [0.1, 0.15) is 19.8 Å². The van der Waals surface area contributed by atoms with Gasteiger partial charge >= 0.3 is 0 Å². The zero-order chi connectivity index (χ0) is 14.9. The molecule has 21 heavy (non-hydrogen) atoms. The van der Waals surface area contributed by atoms with E-state index in [4.69, 9.17) is 0 Å². The third-order valence-corrected chi connectivity index (χ3v) is 4.67. The third-order valence-electron chi connectivity index (χ3n) is 4.67. The Kier molecular flexibility index (Phi) is 3.72. The first-order chi connectivity index (χ1) is 10.1. The van der Waals surface area contributed by atoms with Crippen LogP contribution in [0, 0.1) is 5.41 Å². The summed E-state index contributed by atoms with van der Waals surface area (Å²) in [6.45, 7) is 5.39. The third kappa shape index (κ3) is 2.81. The molecule has 1 aromatic heterocycles. The fourth-order valence-corrected chi connectivity index (χ4v) is 3.07. The second-order valence-corrected chi connectivity index (χ2v) is 6.39. The highest BCUT2D eigenvalue weighted by Crippen LogP contribution is 2.29. The number of piperidine rings is 1. The molecule has 0 spiro atoms. The van der Waals surface area contributed by atoms with E-state index in [1.807, 2.05) is 25.2 Å². The Balaban J connectivity index is 1.90. The number of benzene rings is 1. The van der Waals surface area contributed by atoms with Crippen molar-refractivity contribution in [3.05, 3.63) is 40.7 Å². The molecule has 0 amide bonds. The molecule has 4 heteroatoms. The van der Waals surface area contributed by atoms with Crippen LogP contribution in [0.2, 0.25) is 0 Å². The number of hydrogen-bond acceptors (Lipinski definition) is 3. The molecule has 1 aliphatic heterocycles. The summed E-state index contributed by atoms with van der Waals surface area (Å²) < 4.78 is 1.70. The van der Waals surface area contributed by atoms with Crippen molar-refractivity contribution < 1.29 is 0 Å². The number of aromatic nitrogens is 1. The Morgan fingerprint density at radius 3 is 2.76 bits per heavy atom. The Labute approximate surface area is 125 Å². The van der Waals surface area contributed by atoms with E-state index in [1.54, 1.807) is 10.6 Å². The molecule has 0 unspecified atom stereocenters. The molecule has 4 nitrogen and oxygen atoms in total. The molecule has 0 atom stereocenters. The summed E-state index contributed by atoms with van der Waals surface area (Å²) in [5, 5.41) is 8.04. The van der Waals surface area contributed by atoms with Crippen molar-refractivity contribution in [2.75, 3.05) is 25.0 Å². The normalized spacial score (nSPS) is 17.8. The average Bonchev–Trinajstić information content (AvgIpc) is 2.50. The fraction of sp³-hybridized carbons (Fsp3) is 0.471. The minimum atomic E-state index is 0.0339. The predicted octanol–water partition coefficient (Wildman–Crippen LogP) is 2.34. The zero-order valence-corrected chi connectivity index (χ0v) is 12.8. The molecule has 1 aliphatic rings. The SMILES string of the molecule is Cn1c(=O)cc(NCC2(C)CCNCC2)c2ccccc21. The smallest absolute Gasteiger partial charge is 0.252 e. The van der Waals surface area contributed by atoms with Crippen LogP contribution in [-0.4, -0.2) is 24.2 Å². The van der Waals surface area contributed by atoms with Gasteiger partial charge in [-0.2, -0.15) is 0 Å². The Bertz CT molecular complexity index is 699. The number of rotatable bonds is 3. The number of pyridine rings is 1. The molecule has 0 bridgehead atoms. The second-order valence-electron chi connectivity index (χ2n) is 6.39. The van der Waals surface area contributed by atoms with Crippen molar-refractivity contribution in [2.45, 2.75) is 19.8 Å². The maximum atomic E-state index is 12.1. The van der Waals surface area contributed by atoms with Crippen LogP contribution in [0.25, 0.3) is 10.9 Å². The maximum absolute atomic E-state index is 12.1. The van der Waals surface area contributed by atoms with Gasteiger partial charge in [0.25, 0.3) is 5.56 Å². The van der Waals surface area contributed by atoms with Crippen molar-refractivity contribution in [3.63, 3.8) is 0 Å². The monoisotopic (exact) mass is 285 g/mol. The Morgan fingerprint density at radius 2 is 2.00 bits per heavy atom. The van der Waals surface area contributed by atoms with E-state index < -0.39 is 0 Å². The van der Waals surface area contributed by atoms with Gasteiger partial charge in [-0.1, -0.05) is 25.1 Å². The van der Waals surface area contributed by atoms with Gasteiger partial charge in [-0.25, -0.2) is 0 Å². The summed E-state index contributed by atoms with van der Waals surface area (Å²) in [5.74, 6) is 0. The molecule has 1 fully saturated rings. The minimum Gasteiger partial charge on any atom is -0.384 e. The molecule has 0 radical (unpaired) electrons. The average molecular weight is 285 g/mol. The lowest BCUT2D eigenvalue weighted by Gasteiger charge is -2.34. The van der Waals surface area contributed by atoms with Crippen molar-refractivity contribution >= 4 is 16.6 Å². The molecular formula is C17H23N3O. The molecule has 2 aromatic rings. The number of nitrogens with zero attached hydrogens (tertiary/aromatic N) is 1. The summed E-state index contributed by atoms with van der Waals surface area (Å²) in [7, 11) is 1.82. The topological polar surface area (TPSA) is 46.1 Å². The maximum Gasteiger partial charge on any atom is 0.252 e. The van der Waals surface area contributed by atoms with Gasteiger partial charge in [-0.3, -0.25) is 4.79 Å². The van der Waals surface area contributed by atoms with Crippen LogP contribution in [0.15, 0.2) is 35.1 Å². The first-order valence-electron chi connectivity index (χ1n) is 7.62. The molecular weight excluding hydrogens is 262 g/mol. The molecule has 112 valence electrons. The van der Waals surface area contributed by atoms with Crippen molar-refractivity contribution in [2.24, 2.45) is 12.5 Å². The van der Waals surface area contributed by atoms with Crippen molar-refractivity contribution in [3.8, 4) is 0 Å². The van der Waals surface area contributed by atoms with E-state index in [0.29, 0.717) is 5.41 Å². The Morgan fingerprint density at radius 1 is 1.29 bits per heavy atom. The largest absolute Gasteiger partial charge is 0.384 e. The molecule has 1 saturated heterocycles. The van der Waals surface area contributed by atoms with Crippen LogP contribution in [-0.2, 0) is 7.05 Å². The van der Waals surface area contributed by atoms with Gasteiger partial charge in [0, 0.05) is 30.7 Å². The van der Waals surface area contributed by atoms with Crippen LogP contribution in [0.4, 0.5) is 5.69 Å². The van der Waals surface area contributed by atoms with Gasteiger partial charge in [-0.05, 0) is 37.4 Å².